The minimum absolute atomic E-state index is 0.819. The zero-order chi connectivity index (χ0) is 5.49. The summed E-state index contributed by atoms with van der Waals surface area (Å²) in [5.41, 5.74) is 0. The van der Waals surface area contributed by atoms with Crippen LogP contribution >= 0.6 is 0 Å². The highest BCUT2D eigenvalue weighted by atomic mass is 15.4. The summed E-state index contributed by atoms with van der Waals surface area (Å²) >= 11 is 0. The molecule has 0 aliphatic carbocycles. The van der Waals surface area contributed by atoms with Gasteiger partial charge in [0.2, 0.25) is 5.84 Å². The van der Waals surface area contributed by atoms with E-state index < -0.39 is 0 Å². The highest BCUT2D eigenvalue weighted by Gasteiger charge is 2.32. The molecule has 1 aliphatic rings. The van der Waals surface area contributed by atoms with Gasteiger partial charge in [0.15, 0.2) is 0 Å². The first-order valence-electron chi connectivity index (χ1n) is 2.54. The summed E-state index contributed by atoms with van der Waals surface area (Å²) in [5, 5.41) is 7.20. The lowest BCUT2D eigenvalue weighted by molar-refractivity contribution is -0.827. The number of nitrogens with zero attached hydrogens (tertiary/aromatic N) is 1. The fourth-order valence-electron chi connectivity index (χ4n) is 0.671. The van der Waals surface area contributed by atoms with E-state index in [-0.39, 0.29) is 0 Å². The maximum Gasteiger partial charge on any atom is 0.200 e. The Labute approximate surface area is 43.8 Å². The summed E-state index contributed by atoms with van der Waals surface area (Å²) in [5.74, 6) is 0.861. The Morgan fingerprint density at radius 1 is 1.57 bits per heavy atom. The maximum absolute atomic E-state index is 7.20. The summed E-state index contributed by atoms with van der Waals surface area (Å²) in [6.07, 6.45) is 1.01. The van der Waals surface area contributed by atoms with Gasteiger partial charge in [-0.15, -0.1) is 0 Å². The molecule has 0 bridgehead atoms. The van der Waals surface area contributed by atoms with Gasteiger partial charge in [0.25, 0.3) is 0 Å². The third-order valence-electron chi connectivity index (χ3n) is 1.64. The molecule has 0 unspecified atom stereocenters. The molecule has 0 atom stereocenters. The van der Waals surface area contributed by atoms with Crippen molar-refractivity contribution in [3.05, 3.63) is 0 Å². The molecule has 2 nitrogen and oxygen atoms in total. The van der Waals surface area contributed by atoms with E-state index in [2.05, 4.69) is 14.1 Å². The first-order chi connectivity index (χ1) is 3.13. The van der Waals surface area contributed by atoms with Crippen molar-refractivity contribution < 1.29 is 4.48 Å². The molecule has 0 saturated carbocycles. The van der Waals surface area contributed by atoms with Crippen LogP contribution in [0.3, 0.4) is 0 Å². The second kappa shape index (κ2) is 1.07. The van der Waals surface area contributed by atoms with Gasteiger partial charge in [0, 0.05) is 0 Å². The van der Waals surface area contributed by atoms with Crippen LogP contribution in [0.25, 0.3) is 0 Å². The molecule has 0 aromatic carbocycles. The van der Waals surface area contributed by atoms with Crippen LogP contribution in [-0.2, 0) is 0 Å². The molecule has 0 aromatic rings. The van der Waals surface area contributed by atoms with Crippen molar-refractivity contribution in [1.82, 2.24) is 0 Å². The third-order valence-corrected chi connectivity index (χ3v) is 1.64. The van der Waals surface area contributed by atoms with Crippen molar-refractivity contribution in [2.45, 2.75) is 6.42 Å². The molecule has 7 heavy (non-hydrogen) atoms. The SMILES string of the molecule is C[N+]1(C)CCC1=N. The minimum Gasteiger partial charge on any atom is -0.283 e. The zero-order valence-corrected chi connectivity index (χ0v) is 4.86. The van der Waals surface area contributed by atoms with Crippen LogP contribution < -0.4 is 0 Å². The molecule has 0 radical (unpaired) electrons. The largest absolute Gasteiger partial charge is 0.283 e. The standard InChI is InChI=1S/C5H11N2/c1-7(2)4-3-5(7)6/h6H,3-4H2,1-2H3/q+1. The van der Waals surface area contributed by atoms with E-state index in [0.29, 0.717) is 0 Å². The smallest absolute Gasteiger partial charge is 0.200 e. The average molecular weight is 99.2 g/mol. The Bertz CT molecular complexity index is 105. The van der Waals surface area contributed by atoms with E-state index >= 15 is 0 Å². The van der Waals surface area contributed by atoms with Crippen LogP contribution in [0.1, 0.15) is 6.42 Å². The van der Waals surface area contributed by atoms with Gasteiger partial charge in [-0.05, 0) is 0 Å². The molecule has 1 N–H and O–H groups in total. The lowest BCUT2D eigenvalue weighted by Gasteiger charge is -2.37. The molecule has 0 amide bonds. The summed E-state index contributed by atoms with van der Waals surface area (Å²) in [4.78, 5) is 0. The van der Waals surface area contributed by atoms with E-state index in [1.807, 2.05) is 0 Å². The summed E-state index contributed by atoms with van der Waals surface area (Å²) in [6.45, 7) is 1.15. The first kappa shape index (κ1) is 4.78. The lowest BCUT2D eigenvalue weighted by Crippen LogP contribution is -2.55. The van der Waals surface area contributed by atoms with Gasteiger partial charge in [-0.1, -0.05) is 0 Å². The lowest BCUT2D eigenvalue weighted by atomic mass is 10.2. The molecule has 1 rings (SSSR count). The van der Waals surface area contributed by atoms with E-state index in [0.717, 1.165) is 23.3 Å². The van der Waals surface area contributed by atoms with Gasteiger partial charge in [0.1, 0.15) is 0 Å². The molecule has 1 fully saturated rings. The second-order valence-electron chi connectivity index (χ2n) is 2.61. The summed E-state index contributed by atoms with van der Waals surface area (Å²) in [6, 6.07) is 0. The van der Waals surface area contributed by atoms with Crippen molar-refractivity contribution in [1.29, 1.82) is 5.41 Å². The molecular weight excluding hydrogens is 88.1 g/mol. The van der Waals surface area contributed by atoms with Crippen LogP contribution in [0.2, 0.25) is 0 Å². The highest BCUT2D eigenvalue weighted by molar-refractivity contribution is 5.75. The zero-order valence-electron chi connectivity index (χ0n) is 4.86. The number of nitrogens with one attached hydrogen (secondary N) is 1. The fraction of sp³-hybridized carbons (Fsp3) is 0.800. The number of likely N-dealkylation sites (tertiary alicyclic amines) is 1. The van der Waals surface area contributed by atoms with Crippen LogP contribution in [0.4, 0.5) is 0 Å². The van der Waals surface area contributed by atoms with Gasteiger partial charge < -0.3 is 0 Å². The highest BCUT2D eigenvalue weighted by Crippen LogP contribution is 2.13. The van der Waals surface area contributed by atoms with Crippen LogP contribution in [0.15, 0.2) is 0 Å². The second-order valence-corrected chi connectivity index (χ2v) is 2.61. The number of rotatable bonds is 0. The van der Waals surface area contributed by atoms with Crippen molar-refractivity contribution in [2.24, 2.45) is 0 Å². The normalized spacial score (nSPS) is 26.9. The summed E-state index contributed by atoms with van der Waals surface area (Å²) < 4.78 is 0.819. The van der Waals surface area contributed by atoms with E-state index in [1.165, 1.54) is 0 Å². The minimum atomic E-state index is 0.819. The van der Waals surface area contributed by atoms with Gasteiger partial charge in [-0.25, -0.2) is 0 Å². The number of hydrogen-bond acceptors (Lipinski definition) is 1. The topological polar surface area (TPSA) is 23.9 Å². The van der Waals surface area contributed by atoms with Gasteiger partial charge in [0.05, 0.1) is 27.1 Å². The van der Waals surface area contributed by atoms with Gasteiger partial charge in [-0.3, -0.25) is 9.89 Å². The van der Waals surface area contributed by atoms with E-state index in [1.54, 1.807) is 0 Å². The summed E-state index contributed by atoms with van der Waals surface area (Å²) in [7, 11) is 4.12. The van der Waals surface area contributed by atoms with Crippen molar-refractivity contribution in [3.8, 4) is 0 Å². The number of amidine groups is 1. The van der Waals surface area contributed by atoms with Crippen LogP contribution in [0, 0.1) is 5.41 Å². The predicted molar refractivity (Wildman–Crippen MR) is 29.3 cm³/mol. The van der Waals surface area contributed by atoms with Crippen LogP contribution in [0.5, 0.6) is 0 Å². The van der Waals surface area contributed by atoms with Crippen molar-refractivity contribution in [3.63, 3.8) is 0 Å². The van der Waals surface area contributed by atoms with Crippen molar-refractivity contribution in [2.75, 3.05) is 20.6 Å². The molecule has 1 saturated heterocycles. The van der Waals surface area contributed by atoms with E-state index in [9.17, 15) is 0 Å². The Morgan fingerprint density at radius 2 is 2.00 bits per heavy atom. The first-order valence-corrected chi connectivity index (χ1v) is 2.54. The number of hydrogen-bond donors (Lipinski definition) is 1. The Balaban J connectivity index is 2.59. The predicted octanol–water partition coefficient (Wildman–Crippen LogP) is 0.444. The Hall–Kier alpha value is -0.370. The molecule has 2 heteroatoms. The fourth-order valence-corrected chi connectivity index (χ4v) is 0.671. The Kier molecular flexibility index (Phi) is 0.729. The molecule has 1 aliphatic heterocycles. The number of quaternary nitrogens is 1. The monoisotopic (exact) mass is 99.1 g/mol. The van der Waals surface area contributed by atoms with E-state index in [4.69, 9.17) is 5.41 Å². The Morgan fingerprint density at radius 3 is 2.00 bits per heavy atom. The molecule has 40 valence electrons. The van der Waals surface area contributed by atoms with Crippen molar-refractivity contribution >= 4 is 5.84 Å². The average Bonchev–Trinajstić information content (AvgIpc) is 1.63. The molecule has 1 heterocycles. The van der Waals surface area contributed by atoms with Crippen LogP contribution in [-0.4, -0.2) is 31.0 Å². The maximum atomic E-state index is 7.20. The molecule has 0 spiro atoms. The third kappa shape index (κ3) is 0.548. The molecular formula is C5H11N2+. The van der Waals surface area contributed by atoms with Gasteiger partial charge >= 0.3 is 0 Å². The molecule has 0 aromatic heterocycles. The van der Waals surface area contributed by atoms with Gasteiger partial charge in [-0.2, -0.15) is 0 Å². The quantitative estimate of drug-likeness (QED) is 0.426.